The lowest BCUT2D eigenvalue weighted by molar-refractivity contribution is -0.140. The highest BCUT2D eigenvalue weighted by molar-refractivity contribution is 5.77. The molecule has 0 saturated carbocycles. The zero-order chi connectivity index (χ0) is 10.2. The molecule has 14 heavy (non-hydrogen) atoms. The van der Waals surface area contributed by atoms with Crippen molar-refractivity contribution in [3.05, 3.63) is 0 Å². The van der Waals surface area contributed by atoms with Gasteiger partial charge in [0.05, 0.1) is 19.8 Å². The maximum Gasteiger partial charge on any atom is 0.248 e. The van der Waals surface area contributed by atoms with Gasteiger partial charge in [-0.1, -0.05) is 0 Å². The molecule has 1 aliphatic heterocycles. The van der Waals surface area contributed by atoms with Gasteiger partial charge in [0.15, 0.2) is 0 Å². The van der Waals surface area contributed by atoms with Crippen LogP contribution in [0.15, 0.2) is 0 Å². The average molecular weight is 202 g/mol. The molecule has 0 radical (unpaired) electrons. The van der Waals surface area contributed by atoms with Crippen LogP contribution < -0.4 is 5.32 Å². The largest absolute Gasteiger partial charge is 0.378 e. The Bertz CT molecular complexity index is 169. The van der Waals surface area contributed by atoms with E-state index in [1.807, 2.05) is 7.05 Å². The van der Waals surface area contributed by atoms with Crippen LogP contribution in [0.4, 0.5) is 0 Å². The smallest absolute Gasteiger partial charge is 0.248 e. The summed E-state index contributed by atoms with van der Waals surface area (Å²) >= 11 is 0. The van der Waals surface area contributed by atoms with E-state index in [4.69, 9.17) is 9.47 Å². The molecule has 1 rings (SSSR count). The third-order valence-corrected chi connectivity index (χ3v) is 2.09. The number of hydrogen-bond donors (Lipinski definition) is 1. The number of hydrogen-bond acceptors (Lipinski definition) is 4. The molecule has 5 nitrogen and oxygen atoms in total. The van der Waals surface area contributed by atoms with Crippen LogP contribution in [0.2, 0.25) is 0 Å². The van der Waals surface area contributed by atoms with E-state index in [0.29, 0.717) is 32.9 Å². The van der Waals surface area contributed by atoms with Crippen molar-refractivity contribution in [1.29, 1.82) is 0 Å². The number of nitrogens with zero attached hydrogens (tertiary/aromatic N) is 1. The molecule has 1 N–H and O–H groups in total. The van der Waals surface area contributed by atoms with Gasteiger partial charge in [-0.3, -0.25) is 4.79 Å². The highest BCUT2D eigenvalue weighted by atomic mass is 16.5. The second kappa shape index (κ2) is 6.75. The Morgan fingerprint density at radius 2 is 2.21 bits per heavy atom. The monoisotopic (exact) mass is 202 g/mol. The number of carbonyl (C=O) groups is 1. The lowest BCUT2D eigenvalue weighted by Gasteiger charge is -2.26. The van der Waals surface area contributed by atoms with Crippen molar-refractivity contribution in [1.82, 2.24) is 10.2 Å². The molecule has 1 amide bonds. The zero-order valence-corrected chi connectivity index (χ0v) is 8.62. The Morgan fingerprint density at radius 1 is 1.50 bits per heavy atom. The summed E-state index contributed by atoms with van der Waals surface area (Å²) in [6.45, 7) is 4.19. The quantitative estimate of drug-likeness (QED) is 0.586. The second-order valence-corrected chi connectivity index (χ2v) is 3.15. The summed E-state index contributed by atoms with van der Waals surface area (Å²) in [6, 6.07) is 0. The average Bonchev–Trinajstić information content (AvgIpc) is 2.25. The van der Waals surface area contributed by atoms with Crippen LogP contribution in [0.1, 0.15) is 0 Å². The van der Waals surface area contributed by atoms with Crippen molar-refractivity contribution in [3.8, 4) is 0 Å². The van der Waals surface area contributed by atoms with Gasteiger partial charge in [-0.2, -0.15) is 0 Å². The molecule has 0 aliphatic carbocycles. The SMILES string of the molecule is CNCCOCC(=O)N1CCOCC1. The fraction of sp³-hybridized carbons (Fsp3) is 0.889. The number of ether oxygens (including phenoxy) is 2. The number of amides is 1. The van der Waals surface area contributed by atoms with E-state index in [1.54, 1.807) is 4.90 Å². The molecule has 5 heteroatoms. The standard InChI is InChI=1S/C9H18N2O3/c1-10-2-5-14-8-9(12)11-3-6-13-7-4-11/h10H,2-8H2,1H3. The van der Waals surface area contributed by atoms with Gasteiger partial charge in [-0.15, -0.1) is 0 Å². The third kappa shape index (κ3) is 4.04. The molecule has 1 aliphatic rings. The molecule has 0 aromatic heterocycles. The topological polar surface area (TPSA) is 50.8 Å². The number of nitrogens with one attached hydrogen (secondary N) is 1. The molecule has 0 aromatic carbocycles. The third-order valence-electron chi connectivity index (χ3n) is 2.09. The first kappa shape index (κ1) is 11.4. The van der Waals surface area contributed by atoms with Crippen LogP contribution in [0.3, 0.4) is 0 Å². The predicted octanol–water partition coefficient (Wildman–Crippen LogP) is -0.919. The summed E-state index contributed by atoms with van der Waals surface area (Å²) in [5.74, 6) is 0.0596. The van der Waals surface area contributed by atoms with Crippen molar-refractivity contribution in [2.75, 3.05) is 53.1 Å². The second-order valence-electron chi connectivity index (χ2n) is 3.15. The summed E-state index contributed by atoms with van der Waals surface area (Å²) < 4.78 is 10.3. The molecule has 0 spiro atoms. The van der Waals surface area contributed by atoms with Crippen molar-refractivity contribution in [2.24, 2.45) is 0 Å². The lowest BCUT2D eigenvalue weighted by atomic mass is 10.4. The van der Waals surface area contributed by atoms with Gasteiger partial charge < -0.3 is 19.7 Å². The Labute approximate surface area is 84.4 Å². The summed E-state index contributed by atoms with van der Waals surface area (Å²) in [5, 5.41) is 2.95. The molecule has 82 valence electrons. The zero-order valence-electron chi connectivity index (χ0n) is 8.62. The number of carbonyl (C=O) groups excluding carboxylic acids is 1. The molecule has 0 bridgehead atoms. The Kier molecular flexibility index (Phi) is 5.51. The molecule has 0 aromatic rings. The first-order valence-electron chi connectivity index (χ1n) is 4.92. The fourth-order valence-electron chi connectivity index (χ4n) is 1.24. The molecule has 1 saturated heterocycles. The van der Waals surface area contributed by atoms with Gasteiger partial charge in [0.1, 0.15) is 6.61 Å². The highest BCUT2D eigenvalue weighted by Gasteiger charge is 2.16. The van der Waals surface area contributed by atoms with Gasteiger partial charge in [-0.25, -0.2) is 0 Å². The van der Waals surface area contributed by atoms with E-state index < -0.39 is 0 Å². The van der Waals surface area contributed by atoms with Crippen molar-refractivity contribution in [3.63, 3.8) is 0 Å². The van der Waals surface area contributed by atoms with Crippen molar-refractivity contribution in [2.45, 2.75) is 0 Å². The molecule has 0 unspecified atom stereocenters. The van der Waals surface area contributed by atoms with E-state index in [2.05, 4.69) is 5.32 Å². The molecular formula is C9H18N2O3. The van der Waals surface area contributed by atoms with Crippen LogP contribution in [-0.4, -0.2) is 63.9 Å². The van der Waals surface area contributed by atoms with E-state index >= 15 is 0 Å². The fourth-order valence-corrected chi connectivity index (χ4v) is 1.24. The number of likely N-dealkylation sites (N-methyl/N-ethyl adjacent to an activating group) is 1. The van der Waals surface area contributed by atoms with Crippen LogP contribution >= 0.6 is 0 Å². The highest BCUT2D eigenvalue weighted by Crippen LogP contribution is 1.97. The van der Waals surface area contributed by atoms with E-state index in [9.17, 15) is 4.79 Å². The molecule has 0 atom stereocenters. The van der Waals surface area contributed by atoms with Crippen LogP contribution in [-0.2, 0) is 14.3 Å². The molecule has 1 fully saturated rings. The normalized spacial score (nSPS) is 17.1. The van der Waals surface area contributed by atoms with Crippen LogP contribution in [0.25, 0.3) is 0 Å². The van der Waals surface area contributed by atoms with E-state index in [1.165, 1.54) is 0 Å². The minimum absolute atomic E-state index is 0.0596. The van der Waals surface area contributed by atoms with Gasteiger partial charge in [0.25, 0.3) is 0 Å². The van der Waals surface area contributed by atoms with Gasteiger partial charge in [0.2, 0.25) is 5.91 Å². The Morgan fingerprint density at radius 3 is 2.86 bits per heavy atom. The molecule has 1 heterocycles. The minimum atomic E-state index is 0.0596. The predicted molar refractivity (Wildman–Crippen MR) is 52.1 cm³/mol. The van der Waals surface area contributed by atoms with E-state index in [-0.39, 0.29) is 12.5 Å². The van der Waals surface area contributed by atoms with Crippen LogP contribution in [0.5, 0.6) is 0 Å². The first-order chi connectivity index (χ1) is 6.84. The van der Waals surface area contributed by atoms with Gasteiger partial charge in [-0.05, 0) is 7.05 Å². The molecular weight excluding hydrogens is 184 g/mol. The summed E-state index contributed by atoms with van der Waals surface area (Å²) in [5.41, 5.74) is 0. The van der Waals surface area contributed by atoms with Gasteiger partial charge >= 0.3 is 0 Å². The summed E-state index contributed by atoms with van der Waals surface area (Å²) in [4.78, 5) is 13.3. The van der Waals surface area contributed by atoms with E-state index in [0.717, 1.165) is 6.54 Å². The number of morpholine rings is 1. The van der Waals surface area contributed by atoms with Crippen LogP contribution in [0, 0.1) is 0 Å². The summed E-state index contributed by atoms with van der Waals surface area (Å²) in [7, 11) is 1.85. The first-order valence-corrected chi connectivity index (χ1v) is 4.92. The van der Waals surface area contributed by atoms with Crippen molar-refractivity contribution >= 4 is 5.91 Å². The lowest BCUT2D eigenvalue weighted by Crippen LogP contribution is -2.42. The Balaban J connectivity index is 2.07. The van der Waals surface area contributed by atoms with Crippen molar-refractivity contribution < 1.29 is 14.3 Å². The maximum absolute atomic E-state index is 11.5. The maximum atomic E-state index is 11.5. The van der Waals surface area contributed by atoms with Gasteiger partial charge in [0, 0.05) is 19.6 Å². The summed E-state index contributed by atoms with van der Waals surface area (Å²) in [6.07, 6.45) is 0. The number of rotatable bonds is 5. The Hall–Kier alpha value is -0.650. The minimum Gasteiger partial charge on any atom is -0.378 e.